The lowest BCUT2D eigenvalue weighted by atomic mass is 10.0. The first kappa shape index (κ1) is 37.7. The van der Waals surface area contributed by atoms with Gasteiger partial charge in [-0.2, -0.15) is 17.6 Å². The zero-order valence-electron chi connectivity index (χ0n) is 25.5. The number of nitro benzene ring substituents is 2. The first-order chi connectivity index (χ1) is 21.2. The molecule has 2 saturated heterocycles. The lowest BCUT2D eigenvalue weighted by molar-refractivity contribution is -0.386. The second kappa shape index (κ2) is 18.5. The summed E-state index contributed by atoms with van der Waals surface area (Å²) >= 11 is 5.46. The van der Waals surface area contributed by atoms with Gasteiger partial charge in [0.15, 0.2) is 0 Å². The Labute approximate surface area is 264 Å². The number of halogens is 5. The van der Waals surface area contributed by atoms with Crippen molar-refractivity contribution in [3.8, 4) is 11.5 Å². The van der Waals surface area contributed by atoms with Crippen molar-refractivity contribution in [3.05, 3.63) is 61.6 Å². The van der Waals surface area contributed by atoms with Crippen molar-refractivity contribution < 1.29 is 36.9 Å². The minimum atomic E-state index is -3.12. The summed E-state index contributed by atoms with van der Waals surface area (Å²) in [5.74, 6) is -0.940. The Bertz CT molecular complexity index is 1230. The van der Waals surface area contributed by atoms with Crippen LogP contribution in [0.1, 0.15) is 25.7 Å². The average molecular weight is 667 g/mol. The second-order valence-electron chi connectivity index (χ2n) is 10.7. The molecule has 0 saturated carbocycles. The molecule has 0 amide bonds. The van der Waals surface area contributed by atoms with E-state index in [0.717, 1.165) is 44.1 Å². The van der Waals surface area contributed by atoms with Crippen LogP contribution in [0, 0.1) is 20.2 Å². The van der Waals surface area contributed by atoms with E-state index in [9.17, 15) is 37.8 Å². The number of nitrogens with zero attached hydrogens (tertiary/aromatic N) is 5. The maximum atomic E-state index is 12.4. The van der Waals surface area contributed by atoms with Crippen molar-refractivity contribution in [2.75, 3.05) is 59.3 Å². The molecule has 0 aromatic heterocycles. The molecule has 17 heteroatoms. The summed E-state index contributed by atoms with van der Waals surface area (Å²) in [6.07, 6.45) is 4.53. The first-order valence-electron chi connectivity index (χ1n) is 14.1. The molecular formula is C28H39ClF4N6O6. The van der Waals surface area contributed by atoms with E-state index in [1.807, 2.05) is 19.0 Å². The molecular weight excluding hydrogens is 628 g/mol. The third-order valence-electron chi connectivity index (χ3n) is 7.29. The van der Waals surface area contributed by atoms with Crippen molar-refractivity contribution in [2.45, 2.75) is 51.0 Å². The number of ether oxygens (including phenoxy) is 2. The lowest BCUT2D eigenvalue weighted by Crippen LogP contribution is -2.41. The summed E-state index contributed by atoms with van der Waals surface area (Å²) in [5, 5.41) is 24.7. The summed E-state index contributed by atoms with van der Waals surface area (Å²) < 4.78 is 56.7. The van der Waals surface area contributed by atoms with Gasteiger partial charge in [-0.25, -0.2) is 0 Å². The van der Waals surface area contributed by atoms with Crippen LogP contribution >= 0.6 is 11.6 Å². The number of nitro groups is 2. The highest BCUT2D eigenvalue weighted by molar-refractivity contribution is 6.30. The quantitative estimate of drug-likeness (QED) is 0.197. The third-order valence-corrected chi connectivity index (χ3v) is 7.52. The number of hydrogen-bond acceptors (Lipinski definition) is 10. The highest BCUT2D eigenvalue weighted by Gasteiger charge is 2.24. The maximum Gasteiger partial charge on any atom is 0.387 e. The van der Waals surface area contributed by atoms with Crippen LogP contribution in [-0.2, 0) is 0 Å². The van der Waals surface area contributed by atoms with E-state index in [2.05, 4.69) is 38.7 Å². The van der Waals surface area contributed by atoms with Crippen LogP contribution in [-0.4, -0.2) is 99.3 Å². The molecule has 1 N–H and O–H groups in total. The second-order valence-corrected chi connectivity index (χ2v) is 11.1. The first-order valence-corrected chi connectivity index (χ1v) is 14.5. The molecule has 4 rings (SSSR count). The number of rotatable bonds is 9. The molecule has 2 heterocycles. The zero-order valence-corrected chi connectivity index (χ0v) is 26.3. The number of nitrogens with one attached hydrogen (secondary N) is 1. The standard InChI is InChI=1S/C14H19F2N3O3.C7H4ClF2NO3.C7H16N2/c1-17(2)10-5-7-18(8-6-10)11-3-4-12(19(20)21)13(9-11)22-14(15)16;8-4-1-2-5(11(12)13)6(3-4)14-7(9)10;1-9(2)7-3-5-8-6-4-7/h3-4,9-10,14H,5-8H2,1-2H3;1-3,7H;7-8H,3-6H2,1-2H3. The lowest BCUT2D eigenvalue weighted by Gasteiger charge is -2.36. The fourth-order valence-electron chi connectivity index (χ4n) is 4.83. The number of hydrogen-bond donors (Lipinski definition) is 1. The molecule has 0 spiro atoms. The van der Waals surface area contributed by atoms with Crippen LogP contribution in [0.2, 0.25) is 5.02 Å². The van der Waals surface area contributed by atoms with E-state index < -0.39 is 45.9 Å². The van der Waals surface area contributed by atoms with Crippen LogP contribution in [0.5, 0.6) is 11.5 Å². The zero-order chi connectivity index (χ0) is 33.7. The Morgan fingerprint density at radius 2 is 1.24 bits per heavy atom. The molecule has 45 heavy (non-hydrogen) atoms. The van der Waals surface area contributed by atoms with Gasteiger partial charge in [-0.05, 0) is 79.1 Å². The van der Waals surface area contributed by atoms with E-state index in [1.54, 1.807) is 6.07 Å². The molecule has 0 bridgehead atoms. The van der Waals surface area contributed by atoms with Gasteiger partial charge in [-0.15, -0.1) is 0 Å². The Hall–Kier alpha value is -3.47. The predicted octanol–water partition coefficient (Wildman–Crippen LogP) is 5.88. The Balaban J connectivity index is 0.000000261. The summed E-state index contributed by atoms with van der Waals surface area (Å²) in [5.41, 5.74) is -0.333. The number of piperidine rings is 2. The minimum Gasteiger partial charge on any atom is -0.427 e. The molecule has 2 aliphatic heterocycles. The minimum absolute atomic E-state index is 0.0891. The van der Waals surface area contributed by atoms with Crippen LogP contribution < -0.4 is 19.7 Å². The number of anilines is 1. The number of benzene rings is 2. The Morgan fingerprint density at radius 3 is 1.67 bits per heavy atom. The van der Waals surface area contributed by atoms with Crippen LogP contribution in [0.25, 0.3) is 0 Å². The summed E-state index contributed by atoms with van der Waals surface area (Å²) in [7, 11) is 8.38. The fraction of sp³-hybridized carbons (Fsp3) is 0.571. The molecule has 2 aromatic carbocycles. The van der Waals surface area contributed by atoms with Gasteiger partial charge in [0.05, 0.1) is 9.85 Å². The van der Waals surface area contributed by atoms with Crippen molar-refractivity contribution >= 4 is 28.7 Å². The Kier molecular flexibility index (Phi) is 15.5. The summed E-state index contributed by atoms with van der Waals surface area (Å²) in [6.45, 7) is -2.27. The van der Waals surface area contributed by atoms with Gasteiger partial charge in [0.25, 0.3) is 0 Å². The van der Waals surface area contributed by atoms with Crippen molar-refractivity contribution in [3.63, 3.8) is 0 Å². The van der Waals surface area contributed by atoms with E-state index in [4.69, 9.17) is 11.6 Å². The van der Waals surface area contributed by atoms with Gasteiger partial charge in [0.2, 0.25) is 11.5 Å². The van der Waals surface area contributed by atoms with E-state index >= 15 is 0 Å². The van der Waals surface area contributed by atoms with Gasteiger partial charge in [0.1, 0.15) is 0 Å². The number of alkyl halides is 4. The van der Waals surface area contributed by atoms with Crippen LogP contribution in [0.4, 0.5) is 34.6 Å². The molecule has 0 aliphatic carbocycles. The van der Waals surface area contributed by atoms with E-state index in [0.29, 0.717) is 11.7 Å². The van der Waals surface area contributed by atoms with Gasteiger partial charge in [-0.1, -0.05) is 11.6 Å². The molecule has 252 valence electrons. The fourth-order valence-corrected chi connectivity index (χ4v) is 5.00. The van der Waals surface area contributed by atoms with Crippen LogP contribution in [0.3, 0.4) is 0 Å². The highest BCUT2D eigenvalue weighted by Crippen LogP contribution is 2.34. The van der Waals surface area contributed by atoms with Gasteiger partial charge in [0, 0.05) is 60.1 Å². The third kappa shape index (κ3) is 12.8. The van der Waals surface area contributed by atoms with E-state index in [1.165, 1.54) is 44.1 Å². The van der Waals surface area contributed by atoms with E-state index in [-0.39, 0.29) is 5.02 Å². The normalized spacial score (nSPS) is 15.8. The smallest absolute Gasteiger partial charge is 0.387 e. The molecule has 2 aromatic rings. The summed E-state index contributed by atoms with van der Waals surface area (Å²) in [4.78, 5) is 26.2. The predicted molar refractivity (Wildman–Crippen MR) is 163 cm³/mol. The van der Waals surface area contributed by atoms with Gasteiger partial charge < -0.3 is 29.5 Å². The highest BCUT2D eigenvalue weighted by atomic mass is 35.5. The van der Waals surface area contributed by atoms with Crippen molar-refractivity contribution in [2.24, 2.45) is 0 Å². The molecule has 0 unspecified atom stereocenters. The maximum absolute atomic E-state index is 12.4. The monoisotopic (exact) mass is 666 g/mol. The van der Waals surface area contributed by atoms with Crippen molar-refractivity contribution in [1.29, 1.82) is 0 Å². The van der Waals surface area contributed by atoms with Crippen LogP contribution in [0.15, 0.2) is 36.4 Å². The molecule has 0 atom stereocenters. The SMILES string of the molecule is CN(C)C1CCN(c2ccc([N+](=O)[O-])c(OC(F)F)c2)CC1.CN(C)C1CCNCC1.O=[N+]([O-])c1ccc(Cl)cc1OC(F)F. The largest absolute Gasteiger partial charge is 0.427 e. The van der Waals surface area contributed by atoms with Crippen molar-refractivity contribution in [1.82, 2.24) is 15.1 Å². The van der Waals surface area contributed by atoms with Gasteiger partial charge in [-0.3, -0.25) is 20.2 Å². The molecule has 12 nitrogen and oxygen atoms in total. The molecule has 2 fully saturated rings. The van der Waals surface area contributed by atoms with Gasteiger partial charge >= 0.3 is 24.6 Å². The topological polar surface area (TPSA) is 126 Å². The Morgan fingerprint density at radius 1 is 0.800 bits per heavy atom. The summed E-state index contributed by atoms with van der Waals surface area (Å²) in [6, 6.07) is 8.61. The molecule has 0 radical (unpaired) electrons. The molecule has 2 aliphatic rings. The average Bonchev–Trinajstić information content (AvgIpc) is 2.97.